The summed E-state index contributed by atoms with van der Waals surface area (Å²) in [5.41, 5.74) is 7.60. The molecule has 1 aromatic heterocycles. The zero-order valence-electron chi connectivity index (χ0n) is 12.4. The molecule has 0 aliphatic carbocycles. The van der Waals surface area contributed by atoms with Crippen molar-refractivity contribution in [3.05, 3.63) is 66.2 Å². The summed E-state index contributed by atoms with van der Waals surface area (Å²) >= 11 is 0. The molecule has 2 aromatic carbocycles. The second-order valence-electron chi connectivity index (χ2n) is 5.48. The van der Waals surface area contributed by atoms with Crippen molar-refractivity contribution in [3.63, 3.8) is 0 Å². The monoisotopic (exact) mass is 279 g/mol. The van der Waals surface area contributed by atoms with E-state index in [-0.39, 0.29) is 6.04 Å². The van der Waals surface area contributed by atoms with Gasteiger partial charge >= 0.3 is 0 Å². The van der Waals surface area contributed by atoms with Crippen LogP contribution in [0.1, 0.15) is 18.3 Å². The van der Waals surface area contributed by atoms with Crippen LogP contribution in [0.3, 0.4) is 0 Å². The third-order valence-electron chi connectivity index (χ3n) is 3.90. The maximum absolute atomic E-state index is 6.31. The van der Waals surface area contributed by atoms with Gasteiger partial charge in [0, 0.05) is 31.4 Å². The van der Waals surface area contributed by atoms with Crippen molar-refractivity contribution in [1.29, 1.82) is 0 Å². The molecular weight excluding hydrogens is 258 g/mol. The van der Waals surface area contributed by atoms with Gasteiger partial charge in [-0.15, -0.1) is 0 Å². The third kappa shape index (κ3) is 3.14. The minimum atomic E-state index is 0.0962. The van der Waals surface area contributed by atoms with Crippen LogP contribution in [0.25, 0.3) is 10.8 Å². The van der Waals surface area contributed by atoms with Crippen molar-refractivity contribution in [2.75, 3.05) is 0 Å². The molecule has 0 radical (unpaired) electrons. The van der Waals surface area contributed by atoms with Crippen LogP contribution >= 0.6 is 0 Å². The summed E-state index contributed by atoms with van der Waals surface area (Å²) in [6.45, 7) is 3.07. The van der Waals surface area contributed by atoms with Gasteiger partial charge in [-0.2, -0.15) is 0 Å². The highest BCUT2D eigenvalue weighted by Crippen LogP contribution is 2.17. The number of benzene rings is 2. The van der Waals surface area contributed by atoms with E-state index in [0.717, 1.165) is 25.2 Å². The van der Waals surface area contributed by atoms with E-state index < -0.39 is 0 Å². The van der Waals surface area contributed by atoms with E-state index in [1.807, 2.05) is 12.4 Å². The summed E-state index contributed by atoms with van der Waals surface area (Å²) in [7, 11) is 0. The average molecular weight is 279 g/mol. The van der Waals surface area contributed by atoms with Crippen LogP contribution in [0.15, 0.2) is 54.9 Å². The predicted molar refractivity (Wildman–Crippen MR) is 87.2 cm³/mol. The Bertz CT molecular complexity index is 730. The van der Waals surface area contributed by atoms with Crippen LogP contribution in [0, 0.1) is 0 Å². The topological polar surface area (TPSA) is 43.8 Å². The van der Waals surface area contributed by atoms with Crippen LogP contribution in [0.5, 0.6) is 0 Å². The molecule has 3 nitrogen and oxygen atoms in total. The molecule has 0 bridgehead atoms. The highest BCUT2D eigenvalue weighted by atomic mass is 15.1. The molecule has 0 amide bonds. The summed E-state index contributed by atoms with van der Waals surface area (Å²) < 4.78 is 2.15. The van der Waals surface area contributed by atoms with Crippen molar-refractivity contribution < 1.29 is 0 Å². The summed E-state index contributed by atoms with van der Waals surface area (Å²) in [6, 6.07) is 15.1. The Labute approximate surface area is 125 Å². The van der Waals surface area contributed by atoms with Crippen molar-refractivity contribution in [3.8, 4) is 0 Å². The molecule has 3 heteroatoms. The molecule has 3 rings (SSSR count). The lowest BCUT2D eigenvalue weighted by Crippen LogP contribution is -2.27. The van der Waals surface area contributed by atoms with Crippen molar-refractivity contribution >= 4 is 10.8 Å². The molecule has 0 spiro atoms. The molecule has 0 saturated heterocycles. The first-order valence-corrected chi connectivity index (χ1v) is 7.49. The van der Waals surface area contributed by atoms with Gasteiger partial charge in [-0.3, -0.25) is 0 Å². The summed E-state index contributed by atoms with van der Waals surface area (Å²) in [4.78, 5) is 4.40. The quantitative estimate of drug-likeness (QED) is 0.779. The standard InChI is InChI=1S/C18H21N3/c1-2-21-10-9-20-18(21)13-17(19)12-14-7-8-15-5-3-4-6-16(15)11-14/h3-11,17H,2,12-13,19H2,1H3. The SMILES string of the molecule is CCn1ccnc1CC(N)Cc1ccc2ccccc2c1. The van der Waals surface area contributed by atoms with Crippen LogP contribution < -0.4 is 5.73 Å². The molecule has 0 saturated carbocycles. The molecule has 3 aromatic rings. The van der Waals surface area contributed by atoms with Crippen molar-refractivity contribution in [1.82, 2.24) is 9.55 Å². The Morgan fingerprint density at radius 2 is 1.90 bits per heavy atom. The maximum Gasteiger partial charge on any atom is 0.110 e. The molecule has 1 unspecified atom stereocenters. The van der Waals surface area contributed by atoms with Gasteiger partial charge in [-0.1, -0.05) is 42.5 Å². The van der Waals surface area contributed by atoms with Gasteiger partial charge in [0.05, 0.1) is 0 Å². The van der Waals surface area contributed by atoms with Gasteiger partial charge in [-0.05, 0) is 29.7 Å². The Hall–Kier alpha value is -2.13. The summed E-state index contributed by atoms with van der Waals surface area (Å²) in [5, 5.41) is 2.55. The first kappa shape index (κ1) is 13.8. The fourth-order valence-corrected chi connectivity index (χ4v) is 2.79. The van der Waals surface area contributed by atoms with Gasteiger partial charge in [0.1, 0.15) is 5.82 Å². The Balaban J connectivity index is 1.72. The number of hydrogen-bond donors (Lipinski definition) is 1. The van der Waals surface area contributed by atoms with Crippen LogP contribution in [-0.2, 0) is 19.4 Å². The first-order chi connectivity index (χ1) is 10.3. The smallest absolute Gasteiger partial charge is 0.110 e. The van der Waals surface area contributed by atoms with Crippen molar-refractivity contribution in [2.45, 2.75) is 32.4 Å². The van der Waals surface area contributed by atoms with Gasteiger partial charge in [0.15, 0.2) is 0 Å². The van der Waals surface area contributed by atoms with E-state index in [9.17, 15) is 0 Å². The normalized spacial score (nSPS) is 12.7. The van der Waals surface area contributed by atoms with Gasteiger partial charge in [0.2, 0.25) is 0 Å². The second-order valence-corrected chi connectivity index (χ2v) is 5.48. The van der Waals surface area contributed by atoms with Gasteiger partial charge in [-0.25, -0.2) is 4.98 Å². The molecule has 108 valence electrons. The number of rotatable bonds is 5. The fourth-order valence-electron chi connectivity index (χ4n) is 2.79. The molecule has 2 N–H and O–H groups in total. The lowest BCUT2D eigenvalue weighted by atomic mass is 10.0. The largest absolute Gasteiger partial charge is 0.335 e. The molecule has 1 heterocycles. The number of nitrogens with zero attached hydrogens (tertiary/aromatic N) is 2. The highest BCUT2D eigenvalue weighted by Gasteiger charge is 2.09. The summed E-state index contributed by atoms with van der Waals surface area (Å²) in [5.74, 6) is 1.07. The minimum absolute atomic E-state index is 0.0962. The number of nitrogens with two attached hydrogens (primary N) is 1. The molecule has 1 atom stereocenters. The number of aryl methyl sites for hydroxylation is 1. The first-order valence-electron chi connectivity index (χ1n) is 7.49. The lowest BCUT2D eigenvalue weighted by molar-refractivity contribution is 0.602. The molecule has 0 aliphatic heterocycles. The van der Waals surface area contributed by atoms with Gasteiger partial charge < -0.3 is 10.3 Å². The lowest BCUT2D eigenvalue weighted by Gasteiger charge is -2.13. The van der Waals surface area contributed by atoms with Crippen molar-refractivity contribution in [2.24, 2.45) is 5.73 Å². The Morgan fingerprint density at radius 3 is 2.71 bits per heavy atom. The number of imidazole rings is 1. The Morgan fingerprint density at radius 1 is 1.10 bits per heavy atom. The highest BCUT2D eigenvalue weighted by molar-refractivity contribution is 5.82. The average Bonchev–Trinajstić information content (AvgIpc) is 2.94. The second kappa shape index (κ2) is 6.10. The van der Waals surface area contributed by atoms with Gasteiger partial charge in [0.25, 0.3) is 0 Å². The zero-order chi connectivity index (χ0) is 14.7. The maximum atomic E-state index is 6.31. The van der Waals surface area contributed by atoms with Crippen LogP contribution in [0.2, 0.25) is 0 Å². The van der Waals surface area contributed by atoms with E-state index >= 15 is 0 Å². The van der Waals surface area contributed by atoms with E-state index in [4.69, 9.17) is 5.73 Å². The Kier molecular flexibility index (Phi) is 4.02. The third-order valence-corrected chi connectivity index (χ3v) is 3.90. The molecule has 0 aliphatic rings. The minimum Gasteiger partial charge on any atom is -0.335 e. The molecular formula is C18H21N3. The summed E-state index contributed by atoms with van der Waals surface area (Å²) in [6.07, 6.45) is 5.55. The fraction of sp³-hybridized carbons (Fsp3) is 0.278. The number of hydrogen-bond acceptors (Lipinski definition) is 2. The van der Waals surface area contributed by atoms with E-state index in [2.05, 4.69) is 58.9 Å². The van der Waals surface area contributed by atoms with E-state index in [1.165, 1.54) is 16.3 Å². The van der Waals surface area contributed by atoms with Crippen LogP contribution in [0.4, 0.5) is 0 Å². The molecule has 21 heavy (non-hydrogen) atoms. The number of fused-ring (bicyclic) bond motifs is 1. The van der Waals surface area contributed by atoms with E-state index in [0.29, 0.717) is 0 Å². The number of aromatic nitrogens is 2. The van der Waals surface area contributed by atoms with Crippen LogP contribution in [-0.4, -0.2) is 15.6 Å². The van der Waals surface area contributed by atoms with E-state index in [1.54, 1.807) is 0 Å². The zero-order valence-corrected chi connectivity index (χ0v) is 12.4. The predicted octanol–water partition coefficient (Wildman–Crippen LogP) is 3.17. The molecule has 0 fully saturated rings.